The van der Waals surface area contributed by atoms with Crippen LogP contribution in [0.15, 0.2) is 39.9 Å². The number of para-hydroxylation sites is 1. The van der Waals surface area contributed by atoms with E-state index in [9.17, 15) is 19.6 Å². The Kier molecular flexibility index (Phi) is 6.26. The molecule has 0 aliphatic rings. The highest BCUT2D eigenvalue weighted by Crippen LogP contribution is 2.21. The van der Waals surface area contributed by atoms with Crippen LogP contribution in [0.25, 0.3) is 16.9 Å². The molecule has 4 aromatic rings. The van der Waals surface area contributed by atoms with Gasteiger partial charge in [-0.2, -0.15) is 10.4 Å². The molecule has 1 amide bonds. The molecular weight excluding hydrogens is 438 g/mol. The van der Waals surface area contributed by atoms with E-state index in [1.165, 1.54) is 11.6 Å². The molecule has 4 rings (SSSR count). The van der Waals surface area contributed by atoms with E-state index in [1.807, 2.05) is 30.3 Å². The normalized spacial score (nSPS) is 10.9. The van der Waals surface area contributed by atoms with Gasteiger partial charge in [0.2, 0.25) is 5.91 Å². The van der Waals surface area contributed by atoms with Crippen LogP contribution in [0.2, 0.25) is 0 Å². The van der Waals surface area contributed by atoms with Gasteiger partial charge in [-0.05, 0) is 25.0 Å². The number of aryl methyl sites for hydroxylation is 3. The molecule has 0 bridgehead atoms. The number of benzene rings is 1. The summed E-state index contributed by atoms with van der Waals surface area (Å²) in [5.74, 6) is 0.547. The van der Waals surface area contributed by atoms with Gasteiger partial charge in [0.05, 0.1) is 11.4 Å². The Labute approximate surface area is 193 Å². The number of hydrogen-bond acceptors (Lipinski definition) is 7. The summed E-state index contributed by atoms with van der Waals surface area (Å²) in [7, 11) is 1.51. The maximum Gasteiger partial charge on any atom is 0.329 e. The van der Waals surface area contributed by atoms with E-state index in [4.69, 9.17) is 5.73 Å². The molecule has 0 aliphatic carbocycles. The summed E-state index contributed by atoms with van der Waals surface area (Å²) >= 11 is 0. The van der Waals surface area contributed by atoms with E-state index < -0.39 is 11.2 Å². The molecule has 34 heavy (non-hydrogen) atoms. The Morgan fingerprint density at radius 1 is 1.21 bits per heavy atom. The predicted molar refractivity (Wildman–Crippen MR) is 124 cm³/mol. The summed E-state index contributed by atoms with van der Waals surface area (Å²) in [5, 5.41) is 16.8. The summed E-state index contributed by atoms with van der Waals surface area (Å²) in [5.41, 5.74) is 7.13. The van der Waals surface area contributed by atoms with Crippen molar-refractivity contribution < 1.29 is 4.79 Å². The topological polar surface area (TPSA) is 180 Å². The van der Waals surface area contributed by atoms with Crippen LogP contribution in [-0.2, 0) is 24.7 Å². The Hall–Kier alpha value is -4.66. The first-order valence-corrected chi connectivity index (χ1v) is 10.7. The number of fused-ring (bicyclic) bond motifs is 1. The fourth-order valence-corrected chi connectivity index (χ4v) is 3.62. The number of aromatic nitrogens is 6. The van der Waals surface area contributed by atoms with Crippen molar-refractivity contribution >= 4 is 22.9 Å². The SMILES string of the molecule is Cn1c(=O)[nH]c(=O)c2[nH]c(CCC(=O)NCCCc3nn(-c4ccccc4)c(N)c3C#N)nc21. The minimum atomic E-state index is -0.553. The lowest BCUT2D eigenvalue weighted by atomic mass is 10.1. The monoisotopic (exact) mass is 461 g/mol. The van der Waals surface area contributed by atoms with Gasteiger partial charge in [0.25, 0.3) is 5.56 Å². The number of nitrogens with zero attached hydrogens (tertiary/aromatic N) is 5. The van der Waals surface area contributed by atoms with Crippen LogP contribution in [0.4, 0.5) is 5.82 Å². The maximum atomic E-state index is 12.2. The van der Waals surface area contributed by atoms with Crippen molar-refractivity contribution in [3.05, 3.63) is 68.3 Å². The average Bonchev–Trinajstić information content (AvgIpc) is 3.41. The van der Waals surface area contributed by atoms with E-state index in [0.29, 0.717) is 36.5 Å². The third-order valence-electron chi connectivity index (χ3n) is 5.41. The molecule has 3 heterocycles. The van der Waals surface area contributed by atoms with Crippen molar-refractivity contribution in [3.8, 4) is 11.8 Å². The summed E-state index contributed by atoms with van der Waals surface area (Å²) in [4.78, 5) is 45.1. The number of carbonyl (C=O) groups excluding carboxylic acids is 1. The van der Waals surface area contributed by atoms with E-state index in [1.54, 1.807) is 4.68 Å². The molecule has 5 N–H and O–H groups in total. The minimum absolute atomic E-state index is 0.157. The standard InChI is InChI=1S/C22H23N9O3/c1-30-20-18(21(33)28-22(30)34)26-16(27-20)9-10-17(32)25-11-5-8-15-14(12-23)19(24)31(29-15)13-6-3-2-4-7-13/h2-4,6-7H,5,8-11,24H2,1H3,(H,25,32)(H,26,27)(H,28,33,34). The van der Waals surface area contributed by atoms with Crippen LogP contribution in [0.3, 0.4) is 0 Å². The summed E-state index contributed by atoms with van der Waals surface area (Å²) < 4.78 is 2.78. The van der Waals surface area contributed by atoms with E-state index in [-0.39, 0.29) is 35.7 Å². The lowest BCUT2D eigenvalue weighted by Gasteiger charge is -2.04. The molecule has 0 saturated heterocycles. The van der Waals surface area contributed by atoms with Crippen LogP contribution in [0.1, 0.15) is 29.9 Å². The Bertz CT molecular complexity index is 1500. The number of H-pyrrole nitrogens is 2. The number of nitrogens with one attached hydrogen (secondary N) is 3. The zero-order valence-electron chi connectivity index (χ0n) is 18.5. The van der Waals surface area contributed by atoms with Crippen molar-refractivity contribution in [1.82, 2.24) is 34.6 Å². The zero-order chi connectivity index (χ0) is 24.2. The fourth-order valence-electron chi connectivity index (χ4n) is 3.62. The summed E-state index contributed by atoms with van der Waals surface area (Å²) in [6.07, 6.45) is 1.50. The molecule has 12 nitrogen and oxygen atoms in total. The van der Waals surface area contributed by atoms with Crippen LogP contribution >= 0.6 is 0 Å². The largest absolute Gasteiger partial charge is 0.382 e. The van der Waals surface area contributed by atoms with Crippen LogP contribution in [0, 0.1) is 11.3 Å². The quantitative estimate of drug-likeness (QED) is 0.272. The molecule has 174 valence electrons. The van der Waals surface area contributed by atoms with Crippen molar-refractivity contribution in [3.63, 3.8) is 0 Å². The number of anilines is 1. The highest BCUT2D eigenvalue weighted by molar-refractivity contribution is 5.76. The second kappa shape index (κ2) is 9.45. The molecule has 12 heteroatoms. The highest BCUT2D eigenvalue weighted by atomic mass is 16.2. The number of rotatable bonds is 8. The molecule has 0 fully saturated rings. The van der Waals surface area contributed by atoms with Gasteiger partial charge in [-0.15, -0.1) is 0 Å². The number of imidazole rings is 1. The highest BCUT2D eigenvalue weighted by Gasteiger charge is 2.16. The Balaban J connectivity index is 1.31. The van der Waals surface area contributed by atoms with Gasteiger partial charge in [0.15, 0.2) is 5.65 Å². The van der Waals surface area contributed by atoms with Gasteiger partial charge >= 0.3 is 5.69 Å². The van der Waals surface area contributed by atoms with Gasteiger partial charge in [0, 0.05) is 26.4 Å². The number of amides is 1. The molecule has 0 unspecified atom stereocenters. The lowest BCUT2D eigenvalue weighted by molar-refractivity contribution is -0.121. The lowest BCUT2D eigenvalue weighted by Crippen LogP contribution is -2.28. The Morgan fingerprint density at radius 3 is 2.71 bits per heavy atom. The molecular formula is C22H23N9O3. The first-order valence-electron chi connectivity index (χ1n) is 10.7. The summed E-state index contributed by atoms with van der Waals surface area (Å²) in [6, 6.07) is 11.4. The van der Waals surface area contributed by atoms with E-state index in [0.717, 1.165) is 5.69 Å². The summed E-state index contributed by atoms with van der Waals surface area (Å²) in [6.45, 7) is 0.399. The van der Waals surface area contributed by atoms with Crippen LogP contribution < -0.4 is 22.3 Å². The van der Waals surface area contributed by atoms with Crippen LogP contribution in [0.5, 0.6) is 0 Å². The molecule has 0 spiro atoms. The third kappa shape index (κ3) is 4.44. The molecule has 0 atom stereocenters. The van der Waals surface area contributed by atoms with Gasteiger partial charge in [-0.25, -0.2) is 14.5 Å². The zero-order valence-corrected chi connectivity index (χ0v) is 18.5. The smallest absolute Gasteiger partial charge is 0.329 e. The first-order chi connectivity index (χ1) is 16.4. The van der Waals surface area contributed by atoms with Gasteiger partial charge in [0.1, 0.15) is 28.8 Å². The van der Waals surface area contributed by atoms with Crippen LogP contribution in [-0.4, -0.2) is 41.8 Å². The van der Waals surface area contributed by atoms with Crippen molar-refractivity contribution in [2.45, 2.75) is 25.7 Å². The van der Waals surface area contributed by atoms with Crippen molar-refractivity contribution in [1.29, 1.82) is 5.26 Å². The van der Waals surface area contributed by atoms with E-state index >= 15 is 0 Å². The fraction of sp³-hybridized carbons (Fsp3) is 0.273. The molecule has 1 aromatic carbocycles. The molecule has 0 radical (unpaired) electrons. The van der Waals surface area contributed by atoms with Crippen molar-refractivity contribution in [2.75, 3.05) is 12.3 Å². The molecule has 0 aliphatic heterocycles. The van der Waals surface area contributed by atoms with Gasteiger partial charge < -0.3 is 16.0 Å². The molecule has 3 aromatic heterocycles. The predicted octanol–water partition coefficient (Wildman–Crippen LogP) is 0.271. The average molecular weight is 461 g/mol. The van der Waals surface area contributed by atoms with Gasteiger partial charge in [-0.1, -0.05) is 18.2 Å². The van der Waals surface area contributed by atoms with Crippen molar-refractivity contribution in [2.24, 2.45) is 7.05 Å². The second-order valence-electron chi connectivity index (χ2n) is 7.72. The minimum Gasteiger partial charge on any atom is -0.382 e. The maximum absolute atomic E-state index is 12.2. The molecule has 0 saturated carbocycles. The number of nitrogens with two attached hydrogens (primary N) is 1. The number of carbonyl (C=O) groups is 1. The van der Waals surface area contributed by atoms with E-state index in [2.05, 4.69) is 31.4 Å². The number of nitriles is 1. The second-order valence-corrected chi connectivity index (χ2v) is 7.72. The number of nitrogen functional groups attached to an aromatic ring is 1. The first kappa shape index (κ1) is 22.5. The number of hydrogen-bond donors (Lipinski definition) is 4. The third-order valence-corrected chi connectivity index (χ3v) is 5.41. The van der Waals surface area contributed by atoms with Gasteiger partial charge in [-0.3, -0.25) is 19.1 Å². The Morgan fingerprint density at radius 2 is 1.97 bits per heavy atom. The number of aromatic amines is 2.